The van der Waals surface area contributed by atoms with Gasteiger partial charge >= 0.3 is 0 Å². The van der Waals surface area contributed by atoms with Gasteiger partial charge in [0.05, 0.1) is 6.61 Å². The summed E-state index contributed by atoms with van der Waals surface area (Å²) in [6, 6.07) is 6.11. The summed E-state index contributed by atoms with van der Waals surface area (Å²) in [7, 11) is 0. The van der Waals surface area contributed by atoms with Crippen LogP contribution in [0.5, 0.6) is 11.5 Å². The van der Waals surface area contributed by atoms with E-state index in [0.717, 1.165) is 62.6 Å². The van der Waals surface area contributed by atoms with Gasteiger partial charge in [0.15, 0.2) is 0 Å². The molecule has 1 atom stereocenters. The maximum Gasteiger partial charge on any atom is 0.141 e. The predicted octanol–water partition coefficient (Wildman–Crippen LogP) is 2.67. The van der Waals surface area contributed by atoms with Gasteiger partial charge in [-0.25, -0.2) is 0 Å². The number of benzene rings is 1. The minimum absolute atomic E-state index is 0.174. The van der Waals surface area contributed by atoms with Crippen molar-refractivity contribution in [3.8, 4) is 11.5 Å². The van der Waals surface area contributed by atoms with Crippen LogP contribution in [0.4, 0.5) is 0 Å². The van der Waals surface area contributed by atoms with Crippen molar-refractivity contribution in [1.29, 1.82) is 0 Å². The van der Waals surface area contributed by atoms with E-state index in [-0.39, 0.29) is 5.60 Å². The number of nitrogens with zero attached hydrogens (tertiary/aromatic N) is 1. The quantitative estimate of drug-likeness (QED) is 0.821. The molecule has 0 amide bonds. The van der Waals surface area contributed by atoms with Crippen LogP contribution in [0.2, 0.25) is 0 Å². The van der Waals surface area contributed by atoms with Crippen LogP contribution < -0.4 is 15.2 Å². The second-order valence-corrected chi connectivity index (χ2v) is 6.22. The number of rotatable bonds is 6. The van der Waals surface area contributed by atoms with Crippen molar-refractivity contribution < 1.29 is 9.47 Å². The third-order valence-corrected chi connectivity index (χ3v) is 4.42. The van der Waals surface area contributed by atoms with E-state index < -0.39 is 0 Å². The minimum Gasteiger partial charge on any atom is -0.494 e. The Bertz CT molecular complexity index is 544. The van der Waals surface area contributed by atoms with Crippen molar-refractivity contribution >= 4 is 6.08 Å². The van der Waals surface area contributed by atoms with E-state index in [1.54, 1.807) is 0 Å². The number of nitrogens with two attached hydrogens (primary N) is 1. The first kappa shape index (κ1) is 15.4. The van der Waals surface area contributed by atoms with Crippen LogP contribution in [-0.4, -0.2) is 43.3 Å². The molecule has 3 rings (SSSR count). The molecular weight excluding hydrogens is 276 g/mol. The fourth-order valence-corrected chi connectivity index (χ4v) is 3.15. The summed E-state index contributed by atoms with van der Waals surface area (Å²) in [5.41, 5.74) is 6.59. The Hall–Kier alpha value is -1.52. The fourth-order valence-electron chi connectivity index (χ4n) is 3.15. The molecule has 1 fully saturated rings. The minimum atomic E-state index is -0.174. The van der Waals surface area contributed by atoms with Crippen LogP contribution in [-0.2, 0) is 0 Å². The Morgan fingerprint density at radius 1 is 1.41 bits per heavy atom. The highest BCUT2D eigenvalue weighted by Crippen LogP contribution is 2.37. The van der Waals surface area contributed by atoms with Crippen molar-refractivity contribution in [2.75, 3.05) is 32.8 Å². The van der Waals surface area contributed by atoms with Gasteiger partial charge in [-0.1, -0.05) is 19.4 Å². The molecule has 1 spiro atoms. The number of hydrogen-bond donors (Lipinski definition) is 1. The Labute approximate surface area is 132 Å². The van der Waals surface area contributed by atoms with Gasteiger partial charge in [-0.05, 0) is 30.7 Å². The Morgan fingerprint density at radius 2 is 2.32 bits per heavy atom. The predicted molar refractivity (Wildman–Crippen MR) is 89.3 cm³/mol. The normalized spacial score (nSPS) is 23.5. The summed E-state index contributed by atoms with van der Waals surface area (Å²) in [4.78, 5) is 2.37. The number of fused-ring (bicyclic) bond motifs is 1. The highest BCUT2D eigenvalue weighted by molar-refractivity contribution is 5.63. The van der Waals surface area contributed by atoms with Crippen LogP contribution >= 0.6 is 0 Å². The van der Waals surface area contributed by atoms with Crippen molar-refractivity contribution in [3.63, 3.8) is 0 Å². The summed E-state index contributed by atoms with van der Waals surface area (Å²) >= 11 is 0. The summed E-state index contributed by atoms with van der Waals surface area (Å²) in [5, 5.41) is 0. The highest BCUT2D eigenvalue weighted by Gasteiger charge is 2.39. The molecule has 0 saturated carbocycles. The van der Waals surface area contributed by atoms with E-state index >= 15 is 0 Å². The van der Waals surface area contributed by atoms with Gasteiger partial charge in [0.1, 0.15) is 17.1 Å². The van der Waals surface area contributed by atoms with E-state index in [4.69, 9.17) is 15.2 Å². The highest BCUT2D eigenvalue weighted by atomic mass is 16.5. The lowest BCUT2D eigenvalue weighted by Gasteiger charge is -2.31. The Morgan fingerprint density at radius 3 is 3.14 bits per heavy atom. The summed E-state index contributed by atoms with van der Waals surface area (Å²) in [5.74, 6) is 1.88. The molecule has 4 heteroatoms. The van der Waals surface area contributed by atoms with Gasteiger partial charge in [0, 0.05) is 38.2 Å². The molecule has 1 unspecified atom stereocenters. The lowest BCUT2D eigenvalue weighted by atomic mass is 9.97. The van der Waals surface area contributed by atoms with Crippen molar-refractivity contribution in [2.45, 2.75) is 31.8 Å². The van der Waals surface area contributed by atoms with Gasteiger partial charge in [-0.15, -0.1) is 0 Å². The second kappa shape index (κ2) is 6.71. The molecule has 0 bridgehead atoms. The fraction of sp³-hybridized carbons (Fsp3) is 0.556. The van der Waals surface area contributed by atoms with Gasteiger partial charge in [0.25, 0.3) is 0 Å². The molecule has 22 heavy (non-hydrogen) atoms. The molecule has 0 aromatic heterocycles. The van der Waals surface area contributed by atoms with Crippen molar-refractivity contribution in [2.24, 2.45) is 5.73 Å². The molecular formula is C18H26N2O2. The first-order valence-electron chi connectivity index (χ1n) is 8.32. The standard InChI is InChI=1S/C18H26N2O2/c1-2-3-12-21-16-4-5-17-15(13-16)6-7-18(22-17)8-10-20(14-18)11-9-19/h4-7,13H,2-3,8-12,14,19H2,1H3. The van der Waals surface area contributed by atoms with E-state index in [1.165, 1.54) is 0 Å². The van der Waals surface area contributed by atoms with Crippen molar-refractivity contribution in [3.05, 3.63) is 29.8 Å². The van der Waals surface area contributed by atoms with E-state index in [9.17, 15) is 0 Å². The van der Waals surface area contributed by atoms with E-state index in [1.807, 2.05) is 12.1 Å². The summed E-state index contributed by atoms with van der Waals surface area (Å²) in [6.07, 6.45) is 7.65. The van der Waals surface area contributed by atoms with Gasteiger partial charge in [-0.2, -0.15) is 0 Å². The maximum atomic E-state index is 6.31. The van der Waals surface area contributed by atoms with Crippen molar-refractivity contribution in [1.82, 2.24) is 4.90 Å². The first-order valence-corrected chi connectivity index (χ1v) is 8.32. The summed E-state index contributed by atoms with van der Waals surface area (Å²) < 4.78 is 12.1. The molecule has 2 N–H and O–H groups in total. The molecule has 1 aromatic rings. The monoisotopic (exact) mass is 302 g/mol. The zero-order chi connectivity index (χ0) is 15.4. The second-order valence-electron chi connectivity index (χ2n) is 6.22. The molecule has 4 nitrogen and oxygen atoms in total. The smallest absolute Gasteiger partial charge is 0.141 e. The molecule has 1 aromatic carbocycles. The largest absolute Gasteiger partial charge is 0.494 e. The molecule has 120 valence electrons. The van der Waals surface area contributed by atoms with Gasteiger partial charge in [0.2, 0.25) is 0 Å². The number of likely N-dealkylation sites (tertiary alicyclic amines) is 1. The Kier molecular flexibility index (Phi) is 4.69. The first-order chi connectivity index (χ1) is 10.7. The lowest BCUT2D eigenvalue weighted by molar-refractivity contribution is 0.123. The van der Waals surface area contributed by atoms with Gasteiger partial charge in [-0.3, -0.25) is 4.90 Å². The SMILES string of the molecule is CCCCOc1ccc2c(c1)C=CC1(CCN(CCN)C1)O2. The molecule has 1 saturated heterocycles. The van der Waals surface area contributed by atoms with Crippen LogP contribution in [0.3, 0.4) is 0 Å². The van der Waals surface area contributed by atoms with Crippen LogP contribution in [0.25, 0.3) is 6.08 Å². The Balaban J connectivity index is 1.68. The van der Waals surface area contributed by atoms with Crippen LogP contribution in [0.15, 0.2) is 24.3 Å². The van der Waals surface area contributed by atoms with E-state index in [0.29, 0.717) is 6.54 Å². The third-order valence-electron chi connectivity index (χ3n) is 4.42. The maximum absolute atomic E-state index is 6.31. The lowest BCUT2D eigenvalue weighted by Crippen LogP contribution is -2.39. The average molecular weight is 302 g/mol. The zero-order valence-corrected chi connectivity index (χ0v) is 13.4. The molecule has 0 aliphatic carbocycles. The molecule has 2 aliphatic rings. The third kappa shape index (κ3) is 3.28. The molecule has 2 aliphatic heterocycles. The summed E-state index contributed by atoms with van der Waals surface area (Å²) in [6.45, 7) is 6.56. The van der Waals surface area contributed by atoms with Crippen LogP contribution in [0, 0.1) is 0 Å². The zero-order valence-electron chi connectivity index (χ0n) is 13.4. The molecule has 2 heterocycles. The van der Waals surface area contributed by atoms with Gasteiger partial charge < -0.3 is 15.2 Å². The number of unbranched alkanes of at least 4 members (excludes halogenated alkanes) is 1. The van der Waals surface area contributed by atoms with E-state index in [2.05, 4.69) is 30.0 Å². The topological polar surface area (TPSA) is 47.7 Å². The van der Waals surface area contributed by atoms with Crippen LogP contribution in [0.1, 0.15) is 31.7 Å². The molecule has 0 radical (unpaired) electrons. The number of ether oxygens (including phenoxy) is 2. The number of hydrogen-bond acceptors (Lipinski definition) is 4. The average Bonchev–Trinajstić information content (AvgIpc) is 2.91.